The van der Waals surface area contributed by atoms with Crippen molar-refractivity contribution in [3.05, 3.63) is 0 Å². The van der Waals surface area contributed by atoms with Crippen LogP contribution in [0.1, 0.15) is 26.7 Å². The van der Waals surface area contributed by atoms with Crippen molar-refractivity contribution in [1.82, 2.24) is 4.90 Å². The number of hydrogen-bond acceptors (Lipinski definition) is 2. The standard InChI is InChI=1S/C9H17NO2.ClH/c1-7(2)6-10-5-3-4-8(10)9(11)12;/h7-8H,3-6H2,1-2H3,(H,11,12);1H. The summed E-state index contributed by atoms with van der Waals surface area (Å²) in [6.45, 7) is 6.11. The number of carboxylic acids is 1. The van der Waals surface area contributed by atoms with E-state index in [0.717, 1.165) is 25.9 Å². The molecule has 0 aromatic carbocycles. The van der Waals surface area contributed by atoms with Gasteiger partial charge in [-0.3, -0.25) is 9.69 Å². The lowest BCUT2D eigenvalue weighted by Gasteiger charge is -2.22. The molecule has 1 unspecified atom stereocenters. The number of carbonyl (C=O) groups is 1. The number of aliphatic carboxylic acids is 1. The van der Waals surface area contributed by atoms with Gasteiger partial charge in [-0.15, -0.1) is 12.4 Å². The molecule has 0 aromatic rings. The van der Waals surface area contributed by atoms with E-state index in [1.165, 1.54) is 0 Å². The lowest BCUT2D eigenvalue weighted by Crippen LogP contribution is -2.38. The minimum Gasteiger partial charge on any atom is -0.480 e. The molecule has 1 heterocycles. The van der Waals surface area contributed by atoms with Crippen molar-refractivity contribution in [3.63, 3.8) is 0 Å². The molecular formula is C9H18ClNO2. The summed E-state index contributed by atoms with van der Waals surface area (Å²) in [4.78, 5) is 12.8. The molecule has 1 aliphatic heterocycles. The average molecular weight is 208 g/mol. The number of rotatable bonds is 3. The van der Waals surface area contributed by atoms with Crippen LogP contribution in [-0.4, -0.2) is 35.1 Å². The first-order valence-corrected chi connectivity index (χ1v) is 4.58. The zero-order chi connectivity index (χ0) is 9.14. The number of halogens is 1. The second-order valence-corrected chi connectivity index (χ2v) is 3.89. The van der Waals surface area contributed by atoms with E-state index in [1.54, 1.807) is 0 Å². The zero-order valence-electron chi connectivity index (χ0n) is 8.19. The van der Waals surface area contributed by atoms with Crippen molar-refractivity contribution in [2.24, 2.45) is 5.92 Å². The van der Waals surface area contributed by atoms with Crippen LogP contribution in [0, 0.1) is 5.92 Å². The molecule has 0 aromatic heterocycles. The molecule has 4 heteroatoms. The maximum Gasteiger partial charge on any atom is 0.320 e. The van der Waals surface area contributed by atoms with E-state index in [9.17, 15) is 4.79 Å². The van der Waals surface area contributed by atoms with Gasteiger partial charge in [-0.1, -0.05) is 13.8 Å². The van der Waals surface area contributed by atoms with Crippen LogP contribution in [0.3, 0.4) is 0 Å². The van der Waals surface area contributed by atoms with Gasteiger partial charge >= 0.3 is 5.97 Å². The maximum atomic E-state index is 10.8. The summed E-state index contributed by atoms with van der Waals surface area (Å²) in [5, 5.41) is 8.85. The monoisotopic (exact) mass is 207 g/mol. The van der Waals surface area contributed by atoms with E-state index < -0.39 is 5.97 Å². The molecule has 0 amide bonds. The molecule has 1 atom stereocenters. The minimum atomic E-state index is -0.659. The van der Waals surface area contributed by atoms with Gasteiger partial charge in [-0.2, -0.15) is 0 Å². The summed E-state index contributed by atoms with van der Waals surface area (Å²) in [5.74, 6) is -0.0990. The predicted molar refractivity (Wildman–Crippen MR) is 54.3 cm³/mol. The summed E-state index contributed by atoms with van der Waals surface area (Å²) < 4.78 is 0. The van der Waals surface area contributed by atoms with Crippen LogP contribution in [0.2, 0.25) is 0 Å². The van der Waals surface area contributed by atoms with Crippen LogP contribution in [0.15, 0.2) is 0 Å². The normalized spacial score (nSPS) is 23.2. The van der Waals surface area contributed by atoms with Crippen LogP contribution >= 0.6 is 12.4 Å². The van der Waals surface area contributed by atoms with Gasteiger partial charge in [0.2, 0.25) is 0 Å². The Morgan fingerprint density at radius 1 is 1.62 bits per heavy atom. The van der Waals surface area contributed by atoms with Crippen LogP contribution < -0.4 is 0 Å². The largest absolute Gasteiger partial charge is 0.480 e. The maximum absolute atomic E-state index is 10.8. The molecule has 1 aliphatic rings. The molecular weight excluding hydrogens is 190 g/mol. The molecule has 0 aliphatic carbocycles. The van der Waals surface area contributed by atoms with Crippen LogP contribution in [-0.2, 0) is 4.79 Å². The SMILES string of the molecule is CC(C)CN1CCCC1C(=O)O.Cl. The Balaban J connectivity index is 0.00000144. The summed E-state index contributed by atoms with van der Waals surface area (Å²) in [6.07, 6.45) is 1.85. The van der Waals surface area contributed by atoms with Crippen LogP contribution in [0.25, 0.3) is 0 Å². The average Bonchev–Trinajstić information content (AvgIpc) is 2.33. The molecule has 78 valence electrons. The van der Waals surface area contributed by atoms with Gasteiger partial charge in [0.25, 0.3) is 0 Å². The number of nitrogens with zero attached hydrogens (tertiary/aromatic N) is 1. The van der Waals surface area contributed by atoms with Gasteiger partial charge in [0.15, 0.2) is 0 Å². The molecule has 13 heavy (non-hydrogen) atoms. The molecule has 1 N–H and O–H groups in total. The third kappa shape index (κ3) is 3.53. The topological polar surface area (TPSA) is 40.5 Å². The molecule has 0 bridgehead atoms. The molecule has 0 saturated carbocycles. The van der Waals surface area contributed by atoms with Gasteiger partial charge in [-0.25, -0.2) is 0 Å². The molecule has 1 fully saturated rings. The Labute approximate surface area is 85.5 Å². The van der Waals surface area contributed by atoms with Gasteiger partial charge < -0.3 is 5.11 Å². The lowest BCUT2D eigenvalue weighted by molar-refractivity contribution is -0.142. The zero-order valence-corrected chi connectivity index (χ0v) is 9.01. The second kappa shape index (κ2) is 5.45. The van der Waals surface area contributed by atoms with E-state index in [4.69, 9.17) is 5.11 Å². The third-order valence-corrected chi connectivity index (χ3v) is 2.25. The molecule has 1 saturated heterocycles. The highest BCUT2D eigenvalue weighted by Crippen LogP contribution is 2.18. The summed E-state index contributed by atoms with van der Waals surface area (Å²) in [7, 11) is 0. The van der Waals surface area contributed by atoms with Gasteiger partial charge in [0.1, 0.15) is 6.04 Å². The van der Waals surface area contributed by atoms with E-state index in [-0.39, 0.29) is 18.4 Å². The Kier molecular flexibility index (Phi) is 5.33. The van der Waals surface area contributed by atoms with Crippen LogP contribution in [0.5, 0.6) is 0 Å². The van der Waals surface area contributed by atoms with Crippen molar-refractivity contribution in [2.75, 3.05) is 13.1 Å². The smallest absolute Gasteiger partial charge is 0.320 e. The Morgan fingerprint density at radius 2 is 2.23 bits per heavy atom. The highest BCUT2D eigenvalue weighted by Gasteiger charge is 2.30. The van der Waals surface area contributed by atoms with Crippen molar-refractivity contribution in [1.29, 1.82) is 0 Å². The Bertz CT molecular complexity index is 173. The van der Waals surface area contributed by atoms with E-state index in [2.05, 4.69) is 18.7 Å². The van der Waals surface area contributed by atoms with Gasteiger partial charge in [0, 0.05) is 6.54 Å². The lowest BCUT2D eigenvalue weighted by atomic mass is 10.2. The van der Waals surface area contributed by atoms with Gasteiger partial charge in [0.05, 0.1) is 0 Å². The van der Waals surface area contributed by atoms with Crippen molar-refractivity contribution in [3.8, 4) is 0 Å². The van der Waals surface area contributed by atoms with Crippen molar-refractivity contribution >= 4 is 18.4 Å². The fourth-order valence-corrected chi connectivity index (χ4v) is 1.79. The van der Waals surface area contributed by atoms with E-state index >= 15 is 0 Å². The minimum absolute atomic E-state index is 0. The summed E-state index contributed by atoms with van der Waals surface area (Å²) in [6, 6.07) is -0.215. The predicted octanol–water partition coefficient (Wildman–Crippen LogP) is 1.61. The van der Waals surface area contributed by atoms with Crippen LogP contribution in [0.4, 0.5) is 0 Å². The molecule has 1 rings (SSSR count). The van der Waals surface area contributed by atoms with Gasteiger partial charge in [-0.05, 0) is 25.3 Å². The summed E-state index contributed by atoms with van der Waals surface area (Å²) >= 11 is 0. The number of carboxylic acid groups (broad SMARTS) is 1. The number of hydrogen-bond donors (Lipinski definition) is 1. The Morgan fingerprint density at radius 3 is 2.69 bits per heavy atom. The Hall–Kier alpha value is -0.280. The molecule has 0 spiro atoms. The summed E-state index contributed by atoms with van der Waals surface area (Å²) in [5.41, 5.74) is 0. The van der Waals surface area contributed by atoms with E-state index in [1.807, 2.05) is 0 Å². The highest BCUT2D eigenvalue weighted by atomic mass is 35.5. The quantitative estimate of drug-likeness (QED) is 0.765. The fraction of sp³-hybridized carbons (Fsp3) is 0.889. The first kappa shape index (κ1) is 12.7. The number of likely N-dealkylation sites (tertiary alicyclic amines) is 1. The fourth-order valence-electron chi connectivity index (χ4n) is 1.79. The van der Waals surface area contributed by atoms with Crippen molar-refractivity contribution in [2.45, 2.75) is 32.7 Å². The van der Waals surface area contributed by atoms with Crippen molar-refractivity contribution < 1.29 is 9.90 Å². The molecule has 0 radical (unpaired) electrons. The molecule has 3 nitrogen and oxygen atoms in total. The first-order valence-electron chi connectivity index (χ1n) is 4.58. The van der Waals surface area contributed by atoms with E-state index in [0.29, 0.717) is 5.92 Å². The third-order valence-electron chi connectivity index (χ3n) is 2.25. The first-order chi connectivity index (χ1) is 5.61. The second-order valence-electron chi connectivity index (χ2n) is 3.89. The highest BCUT2D eigenvalue weighted by molar-refractivity contribution is 5.85.